The Morgan fingerprint density at radius 2 is 2.21 bits per heavy atom. The van der Waals surface area contributed by atoms with Crippen LogP contribution in [0.15, 0.2) is 6.07 Å². The molecule has 0 aliphatic rings. The zero-order valence-corrected chi connectivity index (χ0v) is 8.16. The number of aromatic nitrogens is 2. The molecule has 0 unspecified atom stereocenters. The first-order chi connectivity index (χ1) is 6.72. The lowest BCUT2D eigenvalue weighted by atomic mass is 10.4. The predicted molar refractivity (Wildman–Crippen MR) is 55.8 cm³/mol. The molecule has 78 valence electrons. The summed E-state index contributed by atoms with van der Waals surface area (Å²) in [6, 6.07) is 1.64. The van der Waals surface area contributed by atoms with Crippen LogP contribution in [-0.4, -0.2) is 30.2 Å². The summed E-state index contributed by atoms with van der Waals surface area (Å²) in [7, 11) is 1.67. The maximum atomic E-state index is 5.49. The summed E-state index contributed by atoms with van der Waals surface area (Å²) >= 11 is 0. The molecule has 0 aromatic carbocycles. The lowest BCUT2D eigenvalue weighted by Gasteiger charge is -2.05. The van der Waals surface area contributed by atoms with Crippen LogP contribution in [0.2, 0.25) is 0 Å². The first-order valence-electron chi connectivity index (χ1n) is 4.35. The van der Waals surface area contributed by atoms with Gasteiger partial charge in [-0.15, -0.1) is 0 Å². The van der Waals surface area contributed by atoms with Gasteiger partial charge in [0.15, 0.2) is 0 Å². The van der Waals surface area contributed by atoms with Gasteiger partial charge in [0.25, 0.3) is 0 Å². The minimum Gasteiger partial charge on any atom is -0.385 e. The Labute approximate surface area is 82.7 Å². The van der Waals surface area contributed by atoms with Crippen molar-refractivity contribution in [1.29, 1.82) is 0 Å². The topological polar surface area (TPSA) is 99.1 Å². The standard InChI is InChI=1S/C8H15N5O/c1-14-4-2-3-11-7-5-6(9)12-8(10)13-7/h5H,2-4H2,1H3,(H5,9,10,11,12,13). The van der Waals surface area contributed by atoms with Crippen molar-refractivity contribution in [2.24, 2.45) is 0 Å². The van der Waals surface area contributed by atoms with Crippen molar-refractivity contribution in [3.63, 3.8) is 0 Å². The van der Waals surface area contributed by atoms with Crippen LogP contribution in [0.25, 0.3) is 0 Å². The van der Waals surface area contributed by atoms with Gasteiger partial charge in [-0.05, 0) is 6.42 Å². The number of nitrogens with two attached hydrogens (primary N) is 2. The second kappa shape index (κ2) is 5.23. The number of nitrogens with zero attached hydrogens (tertiary/aromatic N) is 2. The fraction of sp³-hybridized carbons (Fsp3) is 0.500. The average Bonchev–Trinajstić information content (AvgIpc) is 2.11. The van der Waals surface area contributed by atoms with Gasteiger partial charge < -0.3 is 21.5 Å². The van der Waals surface area contributed by atoms with Crippen LogP contribution >= 0.6 is 0 Å². The van der Waals surface area contributed by atoms with Crippen molar-refractivity contribution in [3.05, 3.63) is 6.07 Å². The SMILES string of the molecule is COCCCNc1cc(N)nc(N)n1. The highest BCUT2D eigenvalue weighted by Gasteiger charge is 1.98. The highest BCUT2D eigenvalue weighted by molar-refractivity contribution is 5.48. The molecule has 0 aliphatic carbocycles. The lowest BCUT2D eigenvalue weighted by molar-refractivity contribution is 0.198. The van der Waals surface area contributed by atoms with Crippen LogP contribution in [0, 0.1) is 0 Å². The van der Waals surface area contributed by atoms with Crippen LogP contribution in [0.3, 0.4) is 0 Å². The van der Waals surface area contributed by atoms with Crippen LogP contribution in [-0.2, 0) is 4.74 Å². The van der Waals surface area contributed by atoms with Gasteiger partial charge >= 0.3 is 0 Å². The number of hydrogen-bond donors (Lipinski definition) is 3. The van der Waals surface area contributed by atoms with Crippen LogP contribution in [0.1, 0.15) is 6.42 Å². The van der Waals surface area contributed by atoms with Gasteiger partial charge in [-0.1, -0.05) is 0 Å². The highest BCUT2D eigenvalue weighted by atomic mass is 16.5. The third-order valence-corrected chi connectivity index (χ3v) is 1.59. The van der Waals surface area contributed by atoms with E-state index in [0.29, 0.717) is 18.2 Å². The number of methoxy groups -OCH3 is 1. The van der Waals surface area contributed by atoms with Gasteiger partial charge in [-0.2, -0.15) is 9.97 Å². The number of anilines is 3. The summed E-state index contributed by atoms with van der Waals surface area (Å²) in [5.74, 6) is 1.19. The monoisotopic (exact) mass is 197 g/mol. The van der Waals surface area contributed by atoms with E-state index in [4.69, 9.17) is 16.2 Å². The molecule has 1 rings (SSSR count). The fourth-order valence-corrected chi connectivity index (χ4v) is 1.01. The number of ether oxygens (including phenoxy) is 1. The minimum absolute atomic E-state index is 0.180. The molecular weight excluding hydrogens is 182 g/mol. The number of rotatable bonds is 5. The molecule has 0 amide bonds. The smallest absolute Gasteiger partial charge is 0.223 e. The van der Waals surface area contributed by atoms with Crippen LogP contribution < -0.4 is 16.8 Å². The second-order valence-corrected chi connectivity index (χ2v) is 2.81. The van der Waals surface area contributed by atoms with Crippen molar-refractivity contribution < 1.29 is 4.74 Å². The molecule has 0 bridgehead atoms. The van der Waals surface area contributed by atoms with Gasteiger partial charge in [-0.25, -0.2) is 0 Å². The fourth-order valence-electron chi connectivity index (χ4n) is 1.01. The van der Waals surface area contributed by atoms with Crippen LogP contribution in [0.4, 0.5) is 17.6 Å². The summed E-state index contributed by atoms with van der Waals surface area (Å²) < 4.78 is 4.91. The molecule has 1 heterocycles. The largest absolute Gasteiger partial charge is 0.385 e. The molecule has 14 heavy (non-hydrogen) atoms. The van der Waals surface area contributed by atoms with Gasteiger partial charge in [0.2, 0.25) is 5.95 Å². The predicted octanol–water partition coefficient (Wildman–Crippen LogP) is 0.0894. The van der Waals surface area contributed by atoms with E-state index < -0.39 is 0 Å². The number of nitrogen functional groups attached to an aromatic ring is 2. The average molecular weight is 197 g/mol. The van der Waals surface area contributed by atoms with E-state index >= 15 is 0 Å². The molecule has 0 aliphatic heterocycles. The quantitative estimate of drug-likeness (QED) is 0.578. The molecule has 0 fully saturated rings. The van der Waals surface area contributed by atoms with E-state index in [2.05, 4.69) is 15.3 Å². The lowest BCUT2D eigenvalue weighted by Crippen LogP contribution is -2.08. The third kappa shape index (κ3) is 3.44. The molecule has 0 atom stereocenters. The zero-order valence-electron chi connectivity index (χ0n) is 8.16. The highest BCUT2D eigenvalue weighted by Crippen LogP contribution is 2.08. The maximum absolute atomic E-state index is 5.49. The molecule has 0 saturated heterocycles. The molecule has 6 heteroatoms. The van der Waals surface area contributed by atoms with Crippen molar-refractivity contribution in [3.8, 4) is 0 Å². The summed E-state index contributed by atoms with van der Waals surface area (Å²) in [6.07, 6.45) is 0.903. The zero-order chi connectivity index (χ0) is 10.4. The molecule has 0 saturated carbocycles. The second-order valence-electron chi connectivity index (χ2n) is 2.81. The van der Waals surface area contributed by atoms with E-state index in [0.717, 1.165) is 13.0 Å². The van der Waals surface area contributed by atoms with Gasteiger partial charge in [0, 0.05) is 26.3 Å². The Morgan fingerprint density at radius 1 is 1.43 bits per heavy atom. The van der Waals surface area contributed by atoms with E-state index in [-0.39, 0.29) is 5.95 Å². The first kappa shape index (κ1) is 10.5. The molecule has 5 N–H and O–H groups in total. The molecule has 0 spiro atoms. The van der Waals surface area contributed by atoms with Gasteiger partial charge in [-0.3, -0.25) is 0 Å². The maximum Gasteiger partial charge on any atom is 0.223 e. The van der Waals surface area contributed by atoms with Gasteiger partial charge in [0.1, 0.15) is 11.6 Å². The van der Waals surface area contributed by atoms with E-state index in [9.17, 15) is 0 Å². The Balaban J connectivity index is 2.42. The molecule has 6 nitrogen and oxygen atoms in total. The Bertz CT molecular complexity index is 271. The first-order valence-corrected chi connectivity index (χ1v) is 4.35. The number of nitrogens with one attached hydrogen (secondary N) is 1. The normalized spacial score (nSPS) is 10.1. The summed E-state index contributed by atoms with van der Waals surface area (Å²) in [5.41, 5.74) is 10.9. The van der Waals surface area contributed by atoms with Crippen molar-refractivity contribution >= 4 is 17.6 Å². The minimum atomic E-state index is 0.180. The molecular formula is C8H15N5O. The number of hydrogen-bond acceptors (Lipinski definition) is 6. The van der Waals surface area contributed by atoms with Crippen molar-refractivity contribution in [2.45, 2.75) is 6.42 Å². The van der Waals surface area contributed by atoms with E-state index in [1.165, 1.54) is 0 Å². The Morgan fingerprint density at radius 3 is 2.86 bits per heavy atom. The summed E-state index contributed by atoms with van der Waals surface area (Å²) in [5, 5.41) is 3.07. The van der Waals surface area contributed by atoms with E-state index in [1.54, 1.807) is 13.2 Å². The summed E-state index contributed by atoms with van der Waals surface area (Å²) in [6.45, 7) is 1.48. The van der Waals surface area contributed by atoms with Gasteiger partial charge in [0.05, 0.1) is 0 Å². The van der Waals surface area contributed by atoms with E-state index in [1.807, 2.05) is 0 Å². The van der Waals surface area contributed by atoms with Crippen molar-refractivity contribution in [2.75, 3.05) is 37.0 Å². The van der Waals surface area contributed by atoms with Crippen molar-refractivity contribution in [1.82, 2.24) is 9.97 Å². The van der Waals surface area contributed by atoms with Crippen LogP contribution in [0.5, 0.6) is 0 Å². The Hall–Kier alpha value is -1.56. The summed E-state index contributed by atoms with van der Waals surface area (Å²) in [4.78, 5) is 7.72. The third-order valence-electron chi connectivity index (χ3n) is 1.59. The molecule has 1 aromatic heterocycles. The molecule has 0 radical (unpaired) electrons. The Kier molecular flexibility index (Phi) is 3.93. The molecule has 1 aromatic rings.